The molecule has 0 aromatic carbocycles. The third-order valence-electron chi connectivity index (χ3n) is 2.06. The van der Waals surface area contributed by atoms with Crippen molar-refractivity contribution in [3.63, 3.8) is 0 Å². The minimum Gasteiger partial charge on any atom is -0.326 e. The average molecular weight is 159 g/mol. The molecule has 0 amide bonds. The molecule has 0 N–H and O–H groups in total. The Morgan fingerprint density at radius 1 is 1.25 bits per heavy atom. The molecular formula is C10H18LiN. The summed E-state index contributed by atoms with van der Waals surface area (Å²) in [5.41, 5.74) is 0. The number of rotatable bonds is 5. The Labute approximate surface area is 88.4 Å². The summed E-state index contributed by atoms with van der Waals surface area (Å²) in [6.45, 7) is 6.95. The van der Waals surface area contributed by atoms with E-state index in [1.165, 1.54) is 25.9 Å². The van der Waals surface area contributed by atoms with Gasteiger partial charge in [-0.15, -0.1) is 0 Å². The van der Waals surface area contributed by atoms with Crippen molar-refractivity contribution in [1.29, 1.82) is 0 Å². The van der Waals surface area contributed by atoms with Crippen LogP contribution in [0.25, 0.3) is 0 Å². The van der Waals surface area contributed by atoms with Crippen molar-refractivity contribution in [2.24, 2.45) is 0 Å². The van der Waals surface area contributed by atoms with Gasteiger partial charge in [0.2, 0.25) is 0 Å². The SMILES string of the molecule is CCCN(CCC)C1C=C[CH-]1.[Li+]. The molecule has 0 radical (unpaired) electrons. The molecule has 12 heavy (non-hydrogen) atoms. The molecule has 0 heterocycles. The fraction of sp³-hybridized carbons (Fsp3) is 0.700. The van der Waals surface area contributed by atoms with Crippen LogP contribution in [0.15, 0.2) is 12.2 Å². The van der Waals surface area contributed by atoms with Crippen molar-refractivity contribution in [1.82, 2.24) is 4.90 Å². The summed E-state index contributed by atoms with van der Waals surface area (Å²) in [7, 11) is 0. The second-order valence-electron chi connectivity index (χ2n) is 3.10. The molecule has 0 bridgehead atoms. The minimum atomic E-state index is 0. The second-order valence-corrected chi connectivity index (χ2v) is 3.10. The summed E-state index contributed by atoms with van der Waals surface area (Å²) < 4.78 is 0. The van der Waals surface area contributed by atoms with Crippen LogP contribution in [0.5, 0.6) is 0 Å². The predicted molar refractivity (Wildman–Crippen MR) is 49.4 cm³/mol. The number of nitrogens with zero attached hydrogens (tertiary/aromatic N) is 1. The third-order valence-corrected chi connectivity index (χ3v) is 2.06. The zero-order chi connectivity index (χ0) is 8.10. The Kier molecular flexibility index (Phi) is 6.75. The average Bonchev–Trinajstić information content (AvgIpc) is 1.85. The van der Waals surface area contributed by atoms with Gasteiger partial charge in [-0.05, 0) is 25.9 Å². The molecule has 1 aliphatic rings. The molecule has 1 rings (SSSR count). The van der Waals surface area contributed by atoms with Gasteiger partial charge in [-0.3, -0.25) is 0 Å². The first-order valence-corrected chi connectivity index (χ1v) is 4.64. The van der Waals surface area contributed by atoms with E-state index in [4.69, 9.17) is 0 Å². The van der Waals surface area contributed by atoms with Gasteiger partial charge in [-0.1, -0.05) is 19.9 Å². The first kappa shape index (κ1) is 12.2. The van der Waals surface area contributed by atoms with Crippen LogP contribution >= 0.6 is 0 Å². The van der Waals surface area contributed by atoms with Gasteiger partial charge in [0.25, 0.3) is 0 Å². The normalized spacial score (nSPS) is 19.8. The van der Waals surface area contributed by atoms with Crippen molar-refractivity contribution in [3.05, 3.63) is 18.6 Å². The van der Waals surface area contributed by atoms with Crippen molar-refractivity contribution >= 4 is 0 Å². The van der Waals surface area contributed by atoms with E-state index >= 15 is 0 Å². The fourth-order valence-electron chi connectivity index (χ4n) is 1.44. The van der Waals surface area contributed by atoms with Crippen molar-refractivity contribution < 1.29 is 18.9 Å². The first-order valence-electron chi connectivity index (χ1n) is 4.64. The first-order chi connectivity index (χ1) is 5.38. The van der Waals surface area contributed by atoms with Crippen molar-refractivity contribution in [3.8, 4) is 0 Å². The van der Waals surface area contributed by atoms with E-state index in [1.54, 1.807) is 0 Å². The van der Waals surface area contributed by atoms with Gasteiger partial charge in [0.15, 0.2) is 0 Å². The Balaban J connectivity index is 0.00000121. The predicted octanol–water partition coefficient (Wildman–Crippen LogP) is -0.745. The molecule has 64 valence electrons. The van der Waals surface area contributed by atoms with E-state index in [1.807, 2.05) is 0 Å². The van der Waals surface area contributed by atoms with Gasteiger partial charge in [-0.25, -0.2) is 18.6 Å². The molecule has 0 spiro atoms. The maximum absolute atomic E-state index is 2.53. The van der Waals surface area contributed by atoms with Gasteiger partial charge in [0.05, 0.1) is 0 Å². The Morgan fingerprint density at radius 2 is 1.75 bits per heavy atom. The molecule has 1 atom stereocenters. The van der Waals surface area contributed by atoms with Crippen LogP contribution < -0.4 is 18.9 Å². The molecule has 0 aromatic rings. The zero-order valence-electron chi connectivity index (χ0n) is 8.59. The summed E-state index contributed by atoms with van der Waals surface area (Å²) in [6, 6.07) is 0.648. The molecule has 0 aromatic heterocycles. The van der Waals surface area contributed by atoms with E-state index < -0.39 is 0 Å². The quantitative estimate of drug-likeness (QED) is 0.377. The molecular weight excluding hydrogens is 141 g/mol. The maximum atomic E-state index is 2.53. The van der Waals surface area contributed by atoms with E-state index in [2.05, 4.69) is 37.3 Å². The fourth-order valence-corrected chi connectivity index (χ4v) is 1.44. The zero-order valence-corrected chi connectivity index (χ0v) is 8.59. The monoisotopic (exact) mass is 159 g/mol. The molecule has 1 unspecified atom stereocenters. The Bertz CT molecular complexity index is 128. The third kappa shape index (κ3) is 3.27. The number of hydrogen-bond acceptors (Lipinski definition) is 1. The molecule has 1 aliphatic carbocycles. The van der Waals surface area contributed by atoms with E-state index in [0.717, 1.165) is 0 Å². The molecule has 0 aliphatic heterocycles. The molecule has 0 saturated carbocycles. The van der Waals surface area contributed by atoms with Crippen LogP contribution in [-0.4, -0.2) is 24.0 Å². The number of hydrogen-bond donors (Lipinski definition) is 0. The van der Waals surface area contributed by atoms with Crippen molar-refractivity contribution in [2.45, 2.75) is 32.7 Å². The second kappa shape index (κ2) is 6.66. The molecule has 2 heteroatoms. The topological polar surface area (TPSA) is 3.24 Å². The maximum Gasteiger partial charge on any atom is 1.00 e. The van der Waals surface area contributed by atoms with Gasteiger partial charge in [0.1, 0.15) is 0 Å². The van der Waals surface area contributed by atoms with E-state index in [9.17, 15) is 0 Å². The summed E-state index contributed by atoms with van der Waals surface area (Å²) in [5.74, 6) is 0. The smallest absolute Gasteiger partial charge is 0.326 e. The van der Waals surface area contributed by atoms with Gasteiger partial charge >= 0.3 is 18.9 Å². The standard InChI is InChI=1S/C10H18N.Li/c1-3-8-11(9-4-2)10-6-5-7-10;/h5-7,10H,3-4,8-9H2,1-2H3;/q-1;+1. The minimum absolute atomic E-state index is 0. The summed E-state index contributed by atoms with van der Waals surface area (Å²) in [4.78, 5) is 2.53. The Hall–Kier alpha value is 0.167. The van der Waals surface area contributed by atoms with Gasteiger partial charge in [-0.2, -0.15) is 0 Å². The van der Waals surface area contributed by atoms with Crippen LogP contribution in [-0.2, 0) is 0 Å². The van der Waals surface area contributed by atoms with Crippen LogP contribution in [0.2, 0.25) is 0 Å². The van der Waals surface area contributed by atoms with Crippen LogP contribution in [0.3, 0.4) is 0 Å². The summed E-state index contributed by atoms with van der Waals surface area (Å²) >= 11 is 0. The summed E-state index contributed by atoms with van der Waals surface area (Å²) in [6.07, 6.45) is 9.20. The van der Waals surface area contributed by atoms with Crippen molar-refractivity contribution in [2.75, 3.05) is 13.1 Å². The Morgan fingerprint density at radius 3 is 2.00 bits per heavy atom. The van der Waals surface area contributed by atoms with Gasteiger partial charge < -0.3 is 4.90 Å². The summed E-state index contributed by atoms with van der Waals surface area (Å²) in [5, 5.41) is 0. The van der Waals surface area contributed by atoms with E-state index in [0.29, 0.717) is 6.04 Å². The molecule has 0 fully saturated rings. The largest absolute Gasteiger partial charge is 1.00 e. The van der Waals surface area contributed by atoms with Crippen LogP contribution in [0.1, 0.15) is 26.7 Å². The van der Waals surface area contributed by atoms with E-state index in [-0.39, 0.29) is 18.9 Å². The molecule has 1 nitrogen and oxygen atoms in total. The van der Waals surface area contributed by atoms with Crippen LogP contribution in [0.4, 0.5) is 0 Å². The van der Waals surface area contributed by atoms with Gasteiger partial charge in [0, 0.05) is 0 Å². The van der Waals surface area contributed by atoms with Crippen LogP contribution in [0, 0.1) is 6.42 Å². The molecule has 0 saturated heterocycles.